The Morgan fingerprint density at radius 1 is 1.35 bits per heavy atom. The van der Waals surface area contributed by atoms with Gasteiger partial charge in [-0.1, -0.05) is 24.6 Å². The number of benzene rings is 1. The van der Waals surface area contributed by atoms with Crippen LogP contribution in [0.15, 0.2) is 35.1 Å². The fourth-order valence-corrected chi connectivity index (χ4v) is 3.31. The molecule has 0 aliphatic heterocycles. The first-order valence-electron chi connectivity index (χ1n) is 8.07. The Balaban J connectivity index is 1.72. The quantitative estimate of drug-likeness (QED) is 0.902. The van der Waals surface area contributed by atoms with Crippen LogP contribution in [0.1, 0.15) is 24.8 Å². The third-order valence-electron chi connectivity index (χ3n) is 4.73. The first-order chi connectivity index (χ1) is 11.0. The van der Waals surface area contributed by atoms with Gasteiger partial charge in [-0.25, -0.2) is 0 Å². The Bertz CT molecular complexity index is 768. The molecule has 122 valence electrons. The maximum Gasteiger partial charge on any atom is 0.252 e. The molecule has 1 aromatic carbocycles. The van der Waals surface area contributed by atoms with Crippen LogP contribution < -0.4 is 5.56 Å². The van der Waals surface area contributed by atoms with Crippen LogP contribution in [0, 0.1) is 5.92 Å². The lowest BCUT2D eigenvalue weighted by Gasteiger charge is -2.23. The zero-order valence-electron chi connectivity index (χ0n) is 13.3. The van der Waals surface area contributed by atoms with E-state index in [1.165, 1.54) is 0 Å². The molecule has 23 heavy (non-hydrogen) atoms. The minimum atomic E-state index is -0.311. The Labute approximate surface area is 134 Å². The predicted molar refractivity (Wildman–Crippen MR) is 89.3 cm³/mol. The molecule has 2 unspecified atom stereocenters. The summed E-state index contributed by atoms with van der Waals surface area (Å²) in [5, 5.41) is 10.8. The molecule has 1 aromatic heterocycles. The lowest BCUT2D eigenvalue weighted by atomic mass is 10.0. The molecule has 1 heterocycles. The normalized spacial score (nSPS) is 20.8. The van der Waals surface area contributed by atoms with Crippen molar-refractivity contribution in [3.63, 3.8) is 0 Å². The number of carbonyl (C=O) groups is 1. The number of pyridine rings is 1. The molecule has 2 atom stereocenters. The molecule has 1 aliphatic rings. The number of H-pyrrole nitrogens is 1. The molecular formula is C18H22N2O3. The zero-order chi connectivity index (χ0) is 16.4. The monoisotopic (exact) mass is 314 g/mol. The molecule has 1 fully saturated rings. The largest absolute Gasteiger partial charge is 0.393 e. The minimum absolute atomic E-state index is 0.0828. The van der Waals surface area contributed by atoms with Crippen LogP contribution in [-0.4, -0.2) is 40.6 Å². The van der Waals surface area contributed by atoms with Gasteiger partial charge < -0.3 is 15.0 Å². The SMILES string of the molecule is CN(CC1CCCC1O)C(=O)Cc1cc2ccccc2[nH]c1=O. The second-order valence-corrected chi connectivity index (χ2v) is 6.42. The second kappa shape index (κ2) is 6.54. The van der Waals surface area contributed by atoms with Crippen LogP contribution in [-0.2, 0) is 11.2 Å². The van der Waals surface area contributed by atoms with Gasteiger partial charge in [0.1, 0.15) is 0 Å². The number of hydrogen-bond acceptors (Lipinski definition) is 3. The van der Waals surface area contributed by atoms with Crippen LogP contribution in [0.5, 0.6) is 0 Å². The van der Waals surface area contributed by atoms with E-state index in [0.29, 0.717) is 12.1 Å². The summed E-state index contributed by atoms with van der Waals surface area (Å²) in [6, 6.07) is 9.31. The highest BCUT2D eigenvalue weighted by Crippen LogP contribution is 2.26. The molecule has 2 N–H and O–H groups in total. The maximum absolute atomic E-state index is 12.4. The van der Waals surface area contributed by atoms with E-state index in [0.717, 1.165) is 30.2 Å². The highest BCUT2D eigenvalue weighted by Gasteiger charge is 2.27. The molecule has 0 spiro atoms. The van der Waals surface area contributed by atoms with Crippen molar-refractivity contribution in [2.24, 2.45) is 5.92 Å². The van der Waals surface area contributed by atoms with Crippen LogP contribution in [0.25, 0.3) is 10.9 Å². The number of nitrogens with one attached hydrogen (secondary N) is 1. The van der Waals surface area contributed by atoms with E-state index in [-0.39, 0.29) is 29.9 Å². The van der Waals surface area contributed by atoms with Gasteiger partial charge in [-0.2, -0.15) is 0 Å². The van der Waals surface area contributed by atoms with E-state index in [4.69, 9.17) is 0 Å². The van der Waals surface area contributed by atoms with Crippen molar-refractivity contribution in [3.8, 4) is 0 Å². The number of rotatable bonds is 4. The fourth-order valence-electron chi connectivity index (χ4n) is 3.31. The summed E-state index contributed by atoms with van der Waals surface area (Å²) in [7, 11) is 1.74. The summed E-state index contributed by atoms with van der Waals surface area (Å²) in [5.41, 5.74) is 1.04. The molecule has 0 radical (unpaired) electrons. The molecule has 5 heteroatoms. The van der Waals surface area contributed by atoms with Gasteiger partial charge in [0, 0.05) is 30.6 Å². The van der Waals surface area contributed by atoms with Crippen molar-refractivity contribution in [1.29, 1.82) is 0 Å². The molecule has 5 nitrogen and oxygen atoms in total. The number of hydrogen-bond donors (Lipinski definition) is 2. The van der Waals surface area contributed by atoms with Gasteiger partial charge in [0.05, 0.1) is 12.5 Å². The molecule has 3 rings (SSSR count). The Morgan fingerprint density at radius 2 is 2.13 bits per heavy atom. The number of para-hydroxylation sites is 1. The van der Waals surface area contributed by atoms with E-state index in [1.807, 2.05) is 24.3 Å². The third kappa shape index (κ3) is 3.45. The summed E-state index contributed by atoms with van der Waals surface area (Å²) in [6.45, 7) is 0.547. The van der Waals surface area contributed by atoms with Gasteiger partial charge in [0.15, 0.2) is 0 Å². The average Bonchev–Trinajstić information content (AvgIpc) is 2.93. The van der Waals surface area contributed by atoms with E-state index >= 15 is 0 Å². The van der Waals surface area contributed by atoms with Crippen molar-refractivity contribution in [3.05, 3.63) is 46.2 Å². The number of amides is 1. The molecule has 1 saturated carbocycles. The second-order valence-electron chi connectivity index (χ2n) is 6.42. The van der Waals surface area contributed by atoms with Gasteiger partial charge in [-0.15, -0.1) is 0 Å². The highest BCUT2D eigenvalue weighted by molar-refractivity contribution is 5.82. The van der Waals surface area contributed by atoms with E-state index in [2.05, 4.69) is 4.98 Å². The molecule has 0 saturated heterocycles. The van der Waals surface area contributed by atoms with E-state index in [1.54, 1.807) is 18.0 Å². The van der Waals surface area contributed by atoms with Gasteiger partial charge in [0.25, 0.3) is 5.56 Å². The molecule has 0 bridgehead atoms. The first-order valence-corrected chi connectivity index (χ1v) is 8.07. The fraction of sp³-hybridized carbons (Fsp3) is 0.444. The summed E-state index contributed by atoms with van der Waals surface area (Å²) >= 11 is 0. The highest BCUT2D eigenvalue weighted by atomic mass is 16.3. The first kappa shape index (κ1) is 15.7. The maximum atomic E-state index is 12.4. The Morgan fingerprint density at radius 3 is 2.87 bits per heavy atom. The van der Waals surface area contributed by atoms with Crippen molar-refractivity contribution in [2.45, 2.75) is 31.8 Å². The topological polar surface area (TPSA) is 73.4 Å². The lowest BCUT2D eigenvalue weighted by Crippen LogP contribution is -2.36. The number of carbonyl (C=O) groups excluding carboxylic acids is 1. The molecule has 2 aromatic rings. The molecule has 1 amide bonds. The zero-order valence-corrected chi connectivity index (χ0v) is 13.3. The van der Waals surface area contributed by atoms with E-state index < -0.39 is 0 Å². The number of aliphatic hydroxyl groups is 1. The summed E-state index contributed by atoms with van der Waals surface area (Å²) in [4.78, 5) is 29.0. The summed E-state index contributed by atoms with van der Waals surface area (Å²) in [6.07, 6.45) is 2.55. The van der Waals surface area contributed by atoms with Gasteiger partial charge in [-0.05, 0) is 30.4 Å². The molecule has 1 aliphatic carbocycles. The Kier molecular flexibility index (Phi) is 4.48. The average molecular weight is 314 g/mol. The number of aliphatic hydroxyl groups excluding tert-OH is 1. The van der Waals surface area contributed by atoms with Crippen molar-refractivity contribution < 1.29 is 9.90 Å². The number of aromatic amines is 1. The lowest BCUT2D eigenvalue weighted by molar-refractivity contribution is -0.130. The number of fused-ring (bicyclic) bond motifs is 1. The van der Waals surface area contributed by atoms with E-state index in [9.17, 15) is 14.7 Å². The minimum Gasteiger partial charge on any atom is -0.393 e. The number of nitrogens with zero attached hydrogens (tertiary/aromatic N) is 1. The summed E-state index contributed by atoms with van der Waals surface area (Å²) in [5.74, 6) is 0.0590. The van der Waals surface area contributed by atoms with Crippen LogP contribution >= 0.6 is 0 Å². The van der Waals surface area contributed by atoms with Crippen molar-refractivity contribution >= 4 is 16.8 Å². The standard InChI is InChI=1S/C18H22N2O3/c1-20(11-13-6-4-8-16(13)21)17(22)10-14-9-12-5-2-3-7-15(12)19-18(14)23/h2-3,5,7,9,13,16,21H,4,6,8,10-11H2,1H3,(H,19,23). The molecular weight excluding hydrogens is 292 g/mol. The van der Waals surface area contributed by atoms with Crippen LogP contribution in [0.4, 0.5) is 0 Å². The third-order valence-corrected chi connectivity index (χ3v) is 4.73. The van der Waals surface area contributed by atoms with Crippen molar-refractivity contribution in [2.75, 3.05) is 13.6 Å². The predicted octanol–water partition coefficient (Wildman–Crippen LogP) is 1.69. The van der Waals surface area contributed by atoms with Gasteiger partial charge >= 0.3 is 0 Å². The van der Waals surface area contributed by atoms with Crippen LogP contribution in [0.2, 0.25) is 0 Å². The van der Waals surface area contributed by atoms with Crippen LogP contribution in [0.3, 0.4) is 0 Å². The van der Waals surface area contributed by atoms with Gasteiger partial charge in [-0.3, -0.25) is 9.59 Å². The van der Waals surface area contributed by atoms with Gasteiger partial charge in [0.2, 0.25) is 5.91 Å². The van der Waals surface area contributed by atoms with Crippen molar-refractivity contribution in [1.82, 2.24) is 9.88 Å². The summed E-state index contributed by atoms with van der Waals surface area (Å²) < 4.78 is 0. The number of likely N-dealkylation sites (N-methyl/N-ethyl adjacent to an activating group) is 1. The smallest absolute Gasteiger partial charge is 0.252 e. The number of aromatic nitrogens is 1. The Hall–Kier alpha value is -2.14.